The molecule has 0 bridgehead atoms. The summed E-state index contributed by atoms with van der Waals surface area (Å²) >= 11 is 0. The Bertz CT molecular complexity index is 223. The second-order valence-corrected chi connectivity index (χ2v) is 4.26. The highest BCUT2D eigenvalue weighted by atomic mass is 19.4. The molecule has 1 heterocycles. The summed E-state index contributed by atoms with van der Waals surface area (Å²) in [5.74, 6) is 0. The van der Waals surface area contributed by atoms with Crippen LogP contribution in [0.3, 0.4) is 0 Å². The number of hydrogen-bond acceptors (Lipinski definition) is 3. The fourth-order valence-electron chi connectivity index (χ4n) is 1.93. The summed E-state index contributed by atoms with van der Waals surface area (Å²) in [6.45, 7) is 0.957. The number of ether oxygens (including phenoxy) is 1. The third kappa shape index (κ3) is 3.92. The van der Waals surface area contributed by atoms with Gasteiger partial charge in [0.05, 0.1) is 19.3 Å². The summed E-state index contributed by atoms with van der Waals surface area (Å²) in [4.78, 5) is 0. The number of halogens is 3. The van der Waals surface area contributed by atoms with Gasteiger partial charge in [0, 0.05) is 12.1 Å². The molecule has 1 aliphatic heterocycles. The molecule has 2 unspecified atom stereocenters. The monoisotopic (exact) mass is 241 g/mol. The van der Waals surface area contributed by atoms with E-state index < -0.39 is 18.3 Å². The van der Waals surface area contributed by atoms with Crippen LogP contribution in [0.15, 0.2) is 0 Å². The lowest BCUT2D eigenvalue weighted by Gasteiger charge is -2.40. The van der Waals surface area contributed by atoms with E-state index in [0.29, 0.717) is 19.4 Å². The molecule has 0 spiro atoms. The Hall–Kier alpha value is -0.330. The van der Waals surface area contributed by atoms with Gasteiger partial charge in [-0.05, 0) is 19.3 Å². The third-order valence-electron chi connectivity index (χ3n) is 2.97. The van der Waals surface area contributed by atoms with Crippen LogP contribution < -0.4 is 5.32 Å². The molecule has 1 fully saturated rings. The molecule has 0 aliphatic carbocycles. The van der Waals surface area contributed by atoms with Crippen molar-refractivity contribution in [1.29, 1.82) is 0 Å². The molecular weight excluding hydrogens is 223 g/mol. The predicted octanol–water partition coefficient (Wildman–Crippen LogP) is 1.46. The molecule has 0 aromatic rings. The van der Waals surface area contributed by atoms with Crippen LogP contribution in [0.25, 0.3) is 0 Å². The fraction of sp³-hybridized carbons (Fsp3) is 1.00. The van der Waals surface area contributed by atoms with Crippen molar-refractivity contribution < 1.29 is 23.0 Å². The largest absolute Gasteiger partial charge is 0.401 e. The van der Waals surface area contributed by atoms with Gasteiger partial charge in [-0.25, -0.2) is 0 Å². The van der Waals surface area contributed by atoms with Crippen molar-refractivity contribution in [2.24, 2.45) is 0 Å². The molecule has 2 N–H and O–H groups in total. The highest BCUT2D eigenvalue weighted by Gasteiger charge is 2.39. The first-order chi connectivity index (χ1) is 7.41. The van der Waals surface area contributed by atoms with E-state index in [1.807, 2.05) is 6.92 Å². The van der Waals surface area contributed by atoms with Crippen molar-refractivity contribution in [3.05, 3.63) is 0 Å². The zero-order chi connectivity index (χ0) is 12.2. The van der Waals surface area contributed by atoms with Crippen molar-refractivity contribution in [3.63, 3.8) is 0 Å². The van der Waals surface area contributed by atoms with E-state index in [1.165, 1.54) is 0 Å². The third-order valence-corrected chi connectivity index (χ3v) is 2.97. The Morgan fingerprint density at radius 3 is 2.69 bits per heavy atom. The van der Waals surface area contributed by atoms with Crippen molar-refractivity contribution in [2.75, 3.05) is 19.8 Å². The Balaban J connectivity index is 2.55. The van der Waals surface area contributed by atoms with E-state index in [-0.39, 0.29) is 12.7 Å². The van der Waals surface area contributed by atoms with Crippen LogP contribution in [0.4, 0.5) is 13.2 Å². The minimum Gasteiger partial charge on any atom is -0.394 e. The first-order valence-electron chi connectivity index (χ1n) is 5.45. The molecule has 0 aromatic heterocycles. The van der Waals surface area contributed by atoms with Crippen LogP contribution >= 0.6 is 0 Å². The smallest absolute Gasteiger partial charge is 0.394 e. The second-order valence-electron chi connectivity index (χ2n) is 4.26. The molecule has 2 atom stereocenters. The zero-order valence-corrected chi connectivity index (χ0v) is 9.31. The lowest BCUT2D eigenvalue weighted by Crippen LogP contribution is -2.56. The summed E-state index contributed by atoms with van der Waals surface area (Å²) in [5.41, 5.74) is -0.839. The molecule has 16 heavy (non-hydrogen) atoms. The van der Waals surface area contributed by atoms with Crippen molar-refractivity contribution in [3.8, 4) is 0 Å². The second kappa shape index (κ2) is 5.33. The van der Waals surface area contributed by atoms with Gasteiger partial charge in [0.1, 0.15) is 0 Å². The van der Waals surface area contributed by atoms with Gasteiger partial charge in [-0.2, -0.15) is 13.2 Å². The topological polar surface area (TPSA) is 41.5 Å². The van der Waals surface area contributed by atoms with E-state index in [9.17, 15) is 18.3 Å². The van der Waals surface area contributed by atoms with Gasteiger partial charge in [-0.15, -0.1) is 0 Å². The Labute approximate surface area is 93.0 Å². The quantitative estimate of drug-likeness (QED) is 0.783. The number of rotatable bonds is 4. The van der Waals surface area contributed by atoms with Gasteiger partial charge in [0.15, 0.2) is 0 Å². The van der Waals surface area contributed by atoms with Gasteiger partial charge < -0.3 is 15.2 Å². The Morgan fingerprint density at radius 2 is 2.19 bits per heavy atom. The van der Waals surface area contributed by atoms with Crippen LogP contribution in [-0.4, -0.2) is 42.7 Å². The zero-order valence-electron chi connectivity index (χ0n) is 9.31. The van der Waals surface area contributed by atoms with E-state index in [0.717, 1.165) is 6.42 Å². The van der Waals surface area contributed by atoms with E-state index in [2.05, 4.69) is 5.32 Å². The van der Waals surface area contributed by atoms with Gasteiger partial charge in [-0.3, -0.25) is 0 Å². The van der Waals surface area contributed by atoms with Crippen LogP contribution in [0, 0.1) is 0 Å². The molecule has 0 amide bonds. The molecule has 1 rings (SSSR count). The molecule has 0 saturated carbocycles. The molecule has 1 saturated heterocycles. The van der Waals surface area contributed by atoms with Crippen LogP contribution in [0.2, 0.25) is 0 Å². The van der Waals surface area contributed by atoms with Crippen molar-refractivity contribution >= 4 is 0 Å². The van der Waals surface area contributed by atoms with Crippen molar-refractivity contribution in [1.82, 2.24) is 5.32 Å². The molecule has 1 aliphatic rings. The number of aliphatic hydroxyl groups is 1. The minimum absolute atomic E-state index is 0.0679. The minimum atomic E-state index is -4.25. The fourth-order valence-corrected chi connectivity index (χ4v) is 1.93. The average Bonchev–Trinajstić information content (AvgIpc) is 2.26. The van der Waals surface area contributed by atoms with E-state index >= 15 is 0 Å². The highest BCUT2D eigenvalue weighted by molar-refractivity contribution is 4.93. The van der Waals surface area contributed by atoms with Crippen molar-refractivity contribution in [2.45, 2.75) is 44.0 Å². The predicted molar refractivity (Wildman–Crippen MR) is 53.1 cm³/mol. The Kier molecular flexibility index (Phi) is 4.58. The highest BCUT2D eigenvalue weighted by Crippen LogP contribution is 2.27. The van der Waals surface area contributed by atoms with Gasteiger partial charge in [0.25, 0.3) is 0 Å². The van der Waals surface area contributed by atoms with Gasteiger partial charge in [0.2, 0.25) is 0 Å². The molecule has 3 nitrogen and oxygen atoms in total. The average molecular weight is 241 g/mol. The lowest BCUT2D eigenvalue weighted by molar-refractivity contribution is -0.136. The summed E-state index contributed by atoms with van der Waals surface area (Å²) in [6.07, 6.45) is -2.73. The van der Waals surface area contributed by atoms with E-state index in [1.54, 1.807) is 0 Å². The van der Waals surface area contributed by atoms with Crippen LogP contribution in [0.1, 0.15) is 26.2 Å². The molecule has 0 aromatic carbocycles. The van der Waals surface area contributed by atoms with E-state index in [4.69, 9.17) is 4.74 Å². The molecule has 6 heteroatoms. The summed E-state index contributed by atoms with van der Waals surface area (Å²) in [5, 5.41) is 11.7. The maximum Gasteiger partial charge on any atom is 0.401 e. The molecule has 96 valence electrons. The number of nitrogens with one attached hydrogen (secondary N) is 1. The summed E-state index contributed by atoms with van der Waals surface area (Å²) in [6, 6.07) is 0. The molecular formula is C10H18F3NO2. The summed E-state index contributed by atoms with van der Waals surface area (Å²) < 4.78 is 41.7. The first kappa shape index (κ1) is 13.7. The number of hydrogen-bond donors (Lipinski definition) is 2. The SMILES string of the molecule is CCC1CC(CO)(NCC(F)(F)F)CCO1. The van der Waals surface area contributed by atoms with Gasteiger partial charge in [-0.1, -0.05) is 6.92 Å². The maximum absolute atomic E-state index is 12.1. The number of aliphatic hydroxyl groups excluding tert-OH is 1. The summed E-state index contributed by atoms with van der Waals surface area (Å²) in [7, 11) is 0. The van der Waals surface area contributed by atoms with Gasteiger partial charge >= 0.3 is 6.18 Å². The maximum atomic E-state index is 12.1. The van der Waals surface area contributed by atoms with Crippen LogP contribution in [-0.2, 0) is 4.74 Å². The molecule has 0 radical (unpaired) electrons. The number of alkyl halides is 3. The lowest BCUT2D eigenvalue weighted by atomic mass is 9.86. The standard InChI is InChI=1S/C10H18F3NO2/c1-2-8-5-9(7-15,3-4-16-8)14-6-10(11,12)13/h8,14-15H,2-7H2,1H3. The van der Waals surface area contributed by atoms with Crippen LogP contribution in [0.5, 0.6) is 0 Å². The first-order valence-corrected chi connectivity index (χ1v) is 5.45. The Morgan fingerprint density at radius 1 is 1.50 bits per heavy atom. The normalized spacial score (nSPS) is 31.7.